The van der Waals surface area contributed by atoms with Crippen LogP contribution in [-0.2, 0) is 4.79 Å². The van der Waals surface area contributed by atoms with Gasteiger partial charge < -0.3 is 19.2 Å². The maximum atomic E-state index is 12.3. The molecule has 0 saturated carbocycles. The Morgan fingerprint density at radius 3 is 2.54 bits per heavy atom. The monoisotopic (exact) mass is 533 g/mol. The predicted molar refractivity (Wildman–Crippen MR) is 136 cm³/mol. The fourth-order valence-electron chi connectivity index (χ4n) is 3.30. The van der Waals surface area contributed by atoms with Crippen molar-refractivity contribution in [2.75, 3.05) is 13.2 Å². The molecule has 0 fully saturated rings. The third-order valence-corrected chi connectivity index (χ3v) is 5.59. The number of ether oxygens (including phenoxy) is 2. The lowest BCUT2D eigenvalue weighted by Gasteiger charge is -2.10. The third kappa shape index (κ3) is 5.85. The summed E-state index contributed by atoms with van der Waals surface area (Å²) in [6.07, 6.45) is 1.50. The lowest BCUT2D eigenvalue weighted by atomic mass is 10.1. The van der Waals surface area contributed by atoms with E-state index in [1.54, 1.807) is 12.1 Å². The van der Waals surface area contributed by atoms with Crippen molar-refractivity contribution in [3.63, 3.8) is 0 Å². The van der Waals surface area contributed by atoms with Crippen LogP contribution in [0.3, 0.4) is 0 Å². The molecular weight excluding hydrogens is 514 g/mol. The number of rotatable bonds is 8. The summed E-state index contributed by atoms with van der Waals surface area (Å²) in [7, 11) is 0. The molecule has 4 aromatic rings. The molecule has 1 heterocycles. The van der Waals surface area contributed by atoms with E-state index in [0.717, 1.165) is 11.1 Å². The molecule has 0 saturated heterocycles. The highest BCUT2D eigenvalue weighted by atomic mass is 79.9. The largest absolute Gasteiger partial charge is 0.481 e. The molecule has 4 rings (SSSR count). The van der Waals surface area contributed by atoms with Gasteiger partial charge in [0.25, 0.3) is 5.91 Å². The molecule has 0 spiro atoms. The Morgan fingerprint density at radius 2 is 1.80 bits per heavy atom. The van der Waals surface area contributed by atoms with Crippen molar-refractivity contribution >= 4 is 38.8 Å². The quantitative estimate of drug-likeness (QED) is 0.146. The molecule has 1 aromatic heterocycles. The minimum Gasteiger partial charge on any atom is -0.481 e. The summed E-state index contributed by atoms with van der Waals surface area (Å²) in [4.78, 5) is 36.6. The zero-order chi connectivity index (χ0) is 24.8. The zero-order valence-electron chi connectivity index (χ0n) is 18.5. The number of halogens is 1. The minimum atomic E-state index is -0.797. The Labute approximate surface area is 209 Å². The Kier molecular flexibility index (Phi) is 7.42. The van der Waals surface area contributed by atoms with E-state index >= 15 is 0 Å². The molecule has 0 aliphatic rings. The Hall–Kier alpha value is -4.17. The Morgan fingerprint density at radius 1 is 1.00 bits per heavy atom. The van der Waals surface area contributed by atoms with Crippen LogP contribution in [0.1, 0.15) is 10.4 Å². The molecule has 0 aliphatic heterocycles. The van der Waals surface area contributed by atoms with Crippen LogP contribution in [-0.4, -0.2) is 25.0 Å². The normalized spacial score (nSPS) is 10.5. The smallest absolute Gasteiger partial charge is 0.349 e. The molecule has 0 atom stereocenters. The molecule has 0 bridgehead atoms. The van der Waals surface area contributed by atoms with Crippen molar-refractivity contribution in [3.05, 3.63) is 106 Å². The second-order valence-corrected chi connectivity index (χ2v) is 8.27. The number of esters is 1. The van der Waals surface area contributed by atoms with Gasteiger partial charge in [-0.3, -0.25) is 4.79 Å². The highest BCUT2D eigenvalue weighted by molar-refractivity contribution is 9.10. The van der Waals surface area contributed by atoms with Crippen LogP contribution in [0.25, 0.3) is 22.1 Å². The Balaban J connectivity index is 1.41. The van der Waals surface area contributed by atoms with Gasteiger partial charge in [-0.15, -0.1) is 6.58 Å². The van der Waals surface area contributed by atoms with Gasteiger partial charge in [-0.2, -0.15) is 0 Å². The van der Waals surface area contributed by atoms with Crippen molar-refractivity contribution in [2.45, 2.75) is 0 Å². The maximum Gasteiger partial charge on any atom is 0.349 e. The molecular formula is C27H20BrNO6. The van der Waals surface area contributed by atoms with Gasteiger partial charge in [-0.05, 0) is 57.4 Å². The molecule has 7 nitrogen and oxygen atoms in total. The highest BCUT2D eigenvalue weighted by Crippen LogP contribution is 2.30. The lowest BCUT2D eigenvalue weighted by Crippen LogP contribution is -2.28. The fourth-order valence-corrected chi connectivity index (χ4v) is 3.79. The number of carbonyl (C=O) groups excluding carboxylic acids is 2. The van der Waals surface area contributed by atoms with Gasteiger partial charge in [0.1, 0.15) is 22.6 Å². The van der Waals surface area contributed by atoms with Gasteiger partial charge in [0.05, 0.1) is 4.47 Å². The second kappa shape index (κ2) is 10.8. The predicted octanol–water partition coefficient (Wildman–Crippen LogP) is 5.12. The number of amides is 1. The van der Waals surface area contributed by atoms with Crippen LogP contribution in [0.5, 0.6) is 11.5 Å². The number of fused-ring (bicyclic) bond motifs is 1. The SMILES string of the molecule is C=CCNC(=O)c1cc2ccc(OC(=O)COc3ccc(-c4ccccc4)cc3Br)cc2oc1=O. The van der Waals surface area contributed by atoms with Gasteiger partial charge in [0.2, 0.25) is 0 Å². The molecule has 0 radical (unpaired) electrons. The standard InChI is InChI=1S/C27H20BrNO6/c1-2-12-29-26(31)21-13-19-8-10-20(15-24(19)35-27(21)32)34-25(30)16-33-23-11-9-18(14-22(23)28)17-6-4-3-5-7-17/h2-11,13-15H,1,12,16H2,(H,29,31). The van der Waals surface area contributed by atoms with Crippen LogP contribution < -0.4 is 20.4 Å². The van der Waals surface area contributed by atoms with E-state index in [4.69, 9.17) is 13.9 Å². The molecule has 1 N–H and O–H groups in total. The first kappa shape index (κ1) is 24.0. The van der Waals surface area contributed by atoms with Crippen molar-refractivity contribution < 1.29 is 23.5 Å². The Bertz CT molecular complexity index is 1460. The number of benzene rings is 3. The van der Waals surface area contributed by atoms with E-state index in [0.29, 0.717) is 15.6 Å². The summed E-state index contributed by atoms with van der Waals surface area (Å²) in [6, 6.07) is 21.4. The van der Waals surface area contributed by atoms with Crippen molar-refractivity contribution in [2.24, 2.45) is 0 Å². The number of hydrogen-bond donors (Lipinski definition) is 1. The summed E-state index contributed by atoms with van der Waals surface area (Å²) in [6.45, 7) is 3.41. The molecule has 35 heavy (non-hydrogen) atoms. The minimum absolute atomic E-state index is 0.124. The first-order valence-corrected chi connectivity index (χ1v) is 11.4. The summed E-state index contributed by atoms with van der Waals surface area (Å²) >= 11 is 3.47. The molecule has 8 heteroatoms. The molecule has 0 unspecified atom stereocenters. The second-order valence-electron chi connectivity index (χ2n) is 7.42. The third-order valence-electron chi connectivity index (χ3n) is 4.98. The summed E-state index contributed by atoms with van der Waals surface area (Å²) < 4.78 is 16.9. The van der Waals surface area contributed by atoms with Crippen molar-refractivity contribution in [3.8, 4) is 22.6 Å². The van der Waals surface area contributed by atoms with Crippen molar-refractivity contribution in [1.82, 2.24) is 5.32 Å². The van der Waals surface area contributed by atoms with Gasteiger partial charge in [-0.25, -0.2) is 9.59 Å². The van der Waals surface area contributed by atoms with E-state index in [9.17, 15) is 14.4 Å². The van der Waals surface area contributed by atoms with Crippen LogP contribution in [0.15, 0.2) is 99.1 Å². The summed E-state index contributed by atoms with van der Waals surface area (Å²) in [5.74, 6) is -0.521. The maximum absolute atomic E-state index is 12.3. The summed E-state index contributed by atoms with van der Waals surface area (Å²) in [5, 5.41) is 3.04. The number of nitrogens with one attached hydrogen (secondary N) is 1. The highest BCUT2D eigenvalue weighted by Gasteiger charge is 2.15. The first-order chi connectivity index (χ1) is 16.9. The van der Waals surface area contributed by atoms with E-state index in [2.05, 4.69) is 27.8 Å². The van der Waals surface area contributed by atoms with Crippen molar-refractivity contribution in [1.29, 1.82) is 0 Å². The van der Waals surface area contributed by atoms with E-state index in [1.807, 2.05) is 42.5 Å². The van der Waals surface area contributed by atoms with Gasteiger partial charge in [0, 0.05) is 18.0 Å². The van der Waals surface area contributed by atoms with E-state index in [-0.39, 0.29) is 30.0 Å². The van der Waals surface area contributed by atoms with Crippen LogP contribution in [0.2, 0.25) is 0 Å². The topological polar surface area (TPSA) is 94.8 Å². The van der Waals surface area contributed by atoms with E-state index in [1.165, 1.54) is 24.3 Å². The molecule has 3 aromatic carbocycles. The molecule has 1 amide bonds. The average molecular weight is 534 g/mol. The molecule has 176 valence electrons. The van der Waals surface area contributed by atoms with Crippen LogP contribution >= 0.6 is 15.9 Å². The van der Waals surface area contributed by atoms with Crippen LogP contribution in [0, 0.1) is 0 Å². The lowest BCUT2D eigenvalue weighted by molar-refractivity contribution is -0.136. The zero-order valence-corrected chi connectivity index (χ0v) is 20.0. The van der Waals surface area contributed by atoms with E-state index < -0.39 is 17.5 Å². The molecule has 0 aliphatic carbocycles. The number of hydrogen-bond acceptors (Lipinski definition) is 6. The van der Waals surface area contributed by atoms with Gasteiger partial charge in [-0.1, -0.05) is 42.5 Å². The average Bonchev–Trinajstić information content (AvgIpc) is 2.86. The first-order valence-electron chi connectivity index (χ1n) is 10.6. The van der Waals surface area contributed by atoms with Gasteiger partial charge in [0.15, 0.2) is 6.61 Å². The summed E-state index contributed by atoms with van der Waals surface area (Å²) in [5.41, 5.74) is 1.33. The van der Waals surface area contributed by atoms with Gasteiger partial charge >= 0.3 is 11.6 Å². The van der Waals surface area contributed by atoms with Crippen LogP contribution in [0.4, 0.5) is 0 Å². The number of carbonyl (C=O) groups is 2. The fraction of sp³-hybridized carbons (Fsp3) is 0.0741.